The van der Waals surface area contributed by atoms with Crippen molar-refractivity contribution in [3.63, 3.8) is 0 Å². The maximum Gasteiger partial charge on any atom is 0.228 e. The summed E-state index contributed by atoms with van der Waals surface area (Å²) in [7, 11) is 1.98. The van der Waals surface area contributed by atoms with Crippen LogP contribution < -0.4 is 19.3 Å². The van der Waals surface area contributed by atoms with E-state index in [4.69, 9.17) is 19.4 Å². The molecule has 1 aliphatic heterocycles. The maximum absolute atomic E-state index is 12.9. The highest BCUT2D eigenvalue weighted by Crippen LogP contribution is 2.31. The molecule has 0 unspecified atom stereocenters. The predicted molar refractivity (Wildman–Crippen MR) is 118 cm³/mol. The van der Waals surface area contributed by atoms with Gasteiger partial charge in [-0.25, -0.2) is 9.97 Å². The summed E-state index contributed by atoms with van der Waals surface area (Å²) in [6.45, 7) is 4.40. The minimum absolute atomic E-state index is 0.0456. The van der Waals surface area contributed by atoms with Crippen molar-refractivity contribution < 1.29 is 14.3 Å². The zero-order valence-corrected chi connectivity index (χ0v) is 17.4. The van der Waals surface area contributed by atoms with Gasteiger partial charge in [0.15, 0.2) is 11.6 Å². The lowest BCUT2D eigenvalue weighted by Gasteiger charge is -2.33. The average Bonchev–Trinajstić information content (AvgIpc) is 2.77. The Hall–Kier alpha value is -3.35. The van der Waals surface area contributed by atoms with Crippen LogP contribution in [0.4, 0.5) is 11.6 Å². The second-order valence-corrected chi connectivity index (χ2v) is 7.18. The van der Waals surface area contributed by atoms with Gasteiger partial charge in [0, 0.05) is 26.6 Å². The molecule has 1 amide bonds. The Morgan fingerprint density at radius 2 is 1.57 bits per heavy atom. The van der Waals surface area contributed by atoms with Gasteiger partial charge in [-0.2, -0.15) is 0 Å². The van der Waals surface area contributed by atoms with Crippen molar-refractivity contribution in [2.24, 2.45) is 0 Å². The van der Waals surface area contributed by atoms with Gasteiger partial charge in [0.05, 0.1) is 24.2 Å². The lowest BCUT2D eigenvalue weighted by Crippen LogP contribution is -2.43. The van der Waals surface area contributed by atoms with Crippen LogP contribution in [0.1, 0.15) is 19.8 Å². The molecule has 1 aromatic heterocycles. The zero-order valence-electron chi connectivity index (χ0n) is 17.4. The van der Waals surface area contributed by atoms with E-state index in [1.807, 2.05) is 67.4 Å². The number of carbonyl (C=O) groups excluding carboxylic acids is 1. The molecule has 156 valence electrons. The summed E-state index contributed by atoms with van der Waals surface area (Å²) >= 11 is 0. The lowest BCUT2D eigenvalue weighted by molar-refractivity contribution is -0.118. The quantitative estimate of drug-likeness (QED) is 0.558. The summed E-state index contributed by atoms with van der Waals surface area (Å²) in [6, 6.07) is 15.3. The Labute approximate surface area is 176 Å². The number of carbonyl (C=O) groups is 1. The first-order valence-corrected chi connectivity index (χ1v) is 10.3. The molecular formula is C23H26N4O3. The van der Waals surface area contributed by atoms with E-state index in [0.717, 1.165) is 34.9 Å². The first kappa shape index (κ1) is 19.9. The summed E-state index contributed by atoms with van der Waals surface area (Å²) < 4.78 is 11.2. The van der Waals surface area contributed by atoms with Gasteiger partial charge in [-0.1, -0.05) is 12.1 Å². The fourth-order valence-corrected chi connectivity index (χ4v) is 3.47. The molecule has 1 aliphatic rings. The van der Waals surface area contributed by atoms with Crippen molar-refractivity contribution in [1.29, 1.82) is 0 Å². The number of nitrogens with zero attached hydrogens (tertiary/aromatic N) is 4. The molecule has 30 heavy (non-hydrogen) atoms. The highest BCUT2D eigenvalue weighted by atomic mass is 16.5. The minimum Gasteiger partial charge on any atom is -0.494 e. The number of rotatable bonds is 7. The van der Waals surface area contributed by atoms with Gasteiger partial charge < -0.3 is 14.4 Å². The molecule has 0 spiro atoms. The van der Waals surface area contributed by atoms with Crippen LogP contribution in [0.15, 0.2) is 48.5 Å². The largest absolute Gasteiger partial charge is 0.494 e. The van der Waals surface area contributed by atoms with E-state index in [2.05, 4.69) is 0 Å². The van der Waals surface area contributed by atoms with Crippen molar-refractivity contribution in [3.8, 4) is 11.5 Å². The van der Waals surface area contributed by atoms with Crippen LogP contribution in [-0.4, -0.2) is 49.2 Å². The van der Waals surface area contributed by atoms with Gasteiger partial charge in [0.1, 0.15) is 11.5 Å². The summed E-state index contributed by atoms with van der Waals surface area (Å²) in [6.07, 6.45) is 1.03. The highest BCUT2D eigenvalue weighted by Gasteiger charge is 2.28. The molecule has 7 nitrogen and oxygen atoms in total. The first-order chi connectivity index (χ1) is 14.7. The van der Waals surface area contributed by atoms with Crippen LogP contribution in [-0.2, 0) is 4.79 Å². The molecule has 0 aliphatic carbocycles. The standard InChI is InChI=1S/C23H26N4O3/c1-3-29-17-10-12-18(13-11-17)30-16-6-9-21(28)27-15-14-26(2)22-23(27)25-20-8-5-4-7-19(20)24-22/h4-5,7-8,10-13H,3,6,9,14-16H2,1-2H3. The Morgan fingerprint density at radius 1 is 0.933 bits per heavy atom. The van der Waals surface area contributed by atoms with E-state index >= 15 is 0 Å². The normalized spacial score (nSPS) is 13.3. The van der Waals surface area contributed by atoms with Crippen LogP contribution in [0.5, 0.6) is 11.5 Å². The first-order valence-electron chi connectivity index (χ1n) is 10.3. The molecular weight excluding hydrogens is 380 g/mol. The number of fused-ring (bicyclic) bond motifs is 2. The SMILES string of the molecule is CCOc1ccc(OCCCC(=O)N2CCN(C)c3nc4ccccc4nc32)cc1. The van der Waals surface area contributed by atoms with Gasteiger partial charge in [0.2, 0.25) is 5.91 Å². The number of hydrogen-bond acceptors (Lipinski definition) is 6. The van der Waals surface area contributed by atoms with Crippen LogP contribution in [0.2, 0.25) is 0 Å². The monoisotopic (exact) mass is 406 g/mol. The molecule has 0 atom stereocenters. The number of amides is 1. The molecule has 0 N–H and O–H groups in total. The third-order valence-corrected chi connectivity index (χ3v) is 5.05. The van der Waals surface area contributed by atoms with E-state index in [1.165, 1.54) is 0 Å². The molecule has 4 rings (SSSR count). The Bertz CT molecular complexity index is 1020. The number of hydrogen-bond donors (Lipinski definition) is 0. The third kappa shape index (κ3) is 4.30. The Balaban J connectivity index is 1.37. The second kappa shape index (κ2) is 8.98. The number of benzene rings is 2. The summed E-state index contributed by atoms with van der Waals surface area (Å²) in [5.74, 6) is 3.03. The van der Waals surface area contributed by atoms with Crippen LogP contribution in [0.3, 0.4) is 0 Å². The summed E-state index contributed by atoms with van der Waals surface area (Å²) in [4.78, 5) is 26.1. The second-order valence-electron chi connectivity index (χ2n) is 7.18. The number of anilines is 2. The minimum atomic E-state index is 0.0456. The smallest absolute Gasteiger partial charge is 0.228 e. The number of ether oxygens (including phenoxy) is 2. The highest BCUT2D eigenvalue weighted by molar-refractivity contribution is 5.97. The molecule has 0 saturated carbocycles. The van der Waals surface area contributed by atoms with Crippen LogP contribution >= 0.6 is 0 Å². The zero-order chi connectivity index (χ0) is 20.9. The fourth-order valence-electron chi connectivity index (χ4n) is 3.47. The van der Waals surface area contributed by atoms with E-state index in [9.17, 15) is 4.79 Å². The van der Waals surface area contributed by atoms with Gasteiger partial charge in [-0.15, -0.1) is 0 Å². The summed E-state index contributed by atoms with van der Waals surface area (Å²) in [5, 5.41) is 0. The molecule has 2 aromatic carbocycles. The fraction of sp³-hybridized carbons (Fsp3) is 0.348. The van der Waals surface area contributed by atoms with Gasteiger partial charge in [-0.3, -0.25) is 9.69 Å². The van der Waals surface area contributed by atoms with Crippen LogP contribution in [0, 0.1) is 0 Å². The van der Waals surface area contributed by atoms with E-state index in [0.29, 0.717) is 38.4 Å². The van der Waals surface area contributed by atoms with Crippen molar-refractivity contribution in [2.45, 2.75) is 19.8 Å². The summed E-state index contributed by atoms with van der Waals surface area (Å²) in [5.41, 5.74) is 1.63. The molecule has 0 bridgehead atoms. The van der Waals surface area contributed by atoms with Gasteiger partial charge in [-0.05, 0) is 49.7 Å². The molecule has 0 saturated heterocycles. The third-order valence-electron chi connectivity index (χ3n) is 5.05. The lowest BCUT2D eigenvalue weighted by atomic mass is 10.2. The van der Waals surface area contributed by atoms with Gasteiger partial charge >= 0.3 is 0 Å². The van der Waals surface area contributed by atoms with Crippen molar-refractivity contribution >= 4 is 28.6 Å². The Morgan fingerprint density at radius 3 is 2.23 bits per heavy atom. The molecule has 2 heterocycles. The van der Waals surface area contributed by atoms with E-state index in [1.54, 1.807) is 4.90 Å². The van der Waals surface area contributed by atoms with Crippen molar-refractivity contribution in [2.75, 3.05) is 43.2 Å². The number of aromatic nitrogens is 2. The number of para-hydroxylation sites is 2. The van der Waals surface area contributed by atoms with E-state index in [-0.39, 0.29) is 5.91 Å². The van der Waals surface area contributed by atoms with Crippen LogP contribution in [0.25, 0.3) is 11.0 Å². The number of likely N-dealkylation sites (N-methyl/N-ethyl adjacent to an activating group) is 1. The molecule has 3 aromatic rings. The van der Waals surface area contributed by atoms with Crippen molar-refractivity contribution in [3.05, 3.63) is 48.5 Å². The average molecular weight is 406 g/mol. The molecule has 0 fully saturated rings. The predicted octanol–water partition coefficient (Wildman–Crippen LogP) is 3.67. The maximum atomic E-state index is 12.9. The van der Waals surface area contributed by atoms with E-state index < -0.39 is 0 Å². The molecule has 0 radical (unpaired) electrons. The topological polar surface area (TPSA) is 67.8 Å². The Kier molecular flexibility index (Phi) is 5.97. The molecule has 7 heteroatoms. The van der Waals surface area contributed by atoms with Gasteiger partial charge in [0.25, 0.3) is 0 Å². The van der Waals surface area contributed by atoms with Crippen molar-refractivity contribution in [1.82, 2.24) is 9.97 Å².